The van der Waals surface area contributed by atoms with Crippen molar-refractivity contribution in [2.45, 2.75) is 13.3 Å². The van der Waals surface area contributed by atoms with Crippen LogP contribution in [0.2, 0.25) is 5.02 Å². The number of benzene rings is 1. The summed E-state index contributed by atoms with van der Waals surface area (Å²) in [6.07, 6.45) is 1.23. The number of anilines is 1. The van der Waals surface area contributed by atoms with Crippen molar-refractivity contribution in [3.8, 4) is 0 Å². The molecular weight excluding hydrogens is 208 g/mol. The maximum absolute atomic E-state index is 5.96. The van der Waals surface area contributed by atoms with Gasteiger partial charge in [0.05, 0.1) is 6.67 Å². The first kappa shape index (κ1) is 10.8. The molecule has 0 atom stereocenters. The predicted octanol–water partition coefficient (Wildman–Crippen LogP) is 2.75. The molecule has 82 valence electrons. The Kier molecular flexibility index (Phi) is 3.17. The smallest absolute Gasteiger partial charge is 0.0704 e. The standard InChI is InChI=1S/C12H17ClN2/c1-10-8-11(13)4-5-12(10)15-7-3-6-14(2)9-15/h4-5,8H,3,6-7,9H2,1-2H3. The first-order valence-electron chi connectivity index (χ1n) is 5.36. The Labute approximate surface area is 96.4 Å². The lowest BCUT2D eigenvalue weighted by Crippen LogP contribution is -2.43. The first-order chi connectivity index (χ1) is 7.16. The fourth-order valence-corrected chi connectivity index (χ4v) is 2.36. The fourth-order valence-electron chi connectivity index (χ4n) is 2.13. The van der Waals surface area contributed by atoms with Crippen LogP contribution in [0.15, 0.2) is 18.2 Å². The highest BCUT2D eigenvalue weighted by Crippen LogP contribution is 2.25. The van der Waals surface area contributed by atoms with Crippen LogP contribution in [0.4, 0.5) is 5.69 Å². The van der Waals surface area contributed by atoms with Crippen LogP contribution in [-0.4, -0.2) is 31.7 Å². The zero-order chi connectivity index (χ0) is 10.8. The molecule has 1 saturated heterocycles. The summed E-state index contributed by atoms with van der Waals surface area (Å²) >= 11 is 5.96. The molecule has 0 N–H and O–H groups in total. The molecule has 1 fully saturated rings. The van der Waals surface area contributed by atoms with E-state index in [4.69, 9.17) is 11.6 Å². The average molecular weight is 225 g/mol. The van der Waals surface area contributed by atoms with Gasteiger partial charge in [0.15, 0.2) is 0 Å². The Morgan fingerprint density at radius 1 is 1.27 bits per heavy atom. The summed E-state index contributed by atoms with van der Waals surface area (Å²) in [7, 11) is 2.16. The molecule has 0 spiro atoms. The van der Waals surface area contributed by atoms with Gasteiger partial charge < -0.3 is 4.90 Å². The number of aryl methyl sites for hydroxylation is 1. The zero-order valence-electron chi connectivity index (χ0n) is 9.33. The van der Waals surface area contributed by atoms with Gasteiger partial charge in [-0.1, -0.05) is 11.6 Å². The SMILES string of the molecule is Cc1cc(Cl)ccc1N1CCCN(C)C1. The van der Waals surface area contributed by atoms with Crippen LogP contribution in [-0.2, 0) is 0 Å². The molecular formula is C12H17ClN2. The van der Waals surface area contributed by atoms with Crippen LogP contribution >= 0.6 is 11.6 Å². The Balaban J connectivity index is 2.21. The quantitative estimate of drug-likeness (QED) is 0.724. The van der Waals surface area contributed by atoms with Gasteiger partial charge in [0.2, 0.25) is 0 Å². The van der Waals surface area contributed by atoms with Crippen LogP contribution in [0.3, 0.4) is 0 Å². The van der Waals surface area contributed by atoms with E-state index < -0.39 is 0 Å². The van der Waals surface area contributed by atoms with Crippen molar-refractivity contribution >= 4 is 17.3 Å². The van der Waals surface area contributed by atoms with Gasteiger partial charge in [-0.25, -0.2) is 0 Å². The summed E-state index contributed by atoms with van der Waals surface area (Å²) in [5.74, 6) is 0. The third-order valence-electron chi connectivity index (χ3n) is 2.88. The van der Waals surface area contributed by atoms with Crippen molar-refractivity contribution in [1.82, 2.24) is 4.90 Å². The molecule has 15 heavy (non-hydrogen) atoms. The molecule has 1 heterocycles. The minimum absolute atomic E-state index is 0.821. The molecule has 1 aliphatic heterocycles. The van der Waals surface area contributed by atoms with E-state index in [2.05, 4.69) is 29.8 Å². The molecule has 1 aromatic rings. The summed E-state index contributed by atoms with van der Waals surface area (Å²) < 4.78 is 0. The molecule has 0 aliphatic carbocycles. The van der Waals surface area contributed by atoms with E-state index in [9.17, 15) is 0 Å². The maximum Gasteiger partial charge on any atom is 0.0704 e. The van der Waals surface area contributed by atoms with Crippen LogP contribution in [0.5, 0.6) is 0 Å². The Bertz CT molecular complexity index is 351. The lowest BCUT2D eigenvalue weighted by Gasteiger charge is -2.35. The lowest BCUT2D eigenvalue weighted by atomic mass is 10.1. The third-order valence-corrected chi connectivity index (χ3v) is 3.11. The predicted molar refractivity (Wildman–Crippen MR) is 65.6 cm³/mol. The normalized spacial score (nSPS) is 18.2. The summed E-state index contributed by atoms with van der Waals surface area (Å²) in [5, 5.41) is 0.821. The van der Waals surface area contributed by atoms with E-state index >= 15 is 0 Å². The van der Waals surface area contributed by atoms with E-state index in [1.54, 1.807) is 0 Å². The summed E-state index contributed by atoms with van der Waals surface area (Å²) in [5.41, 5.74) is 2.57. The molecule has 1 aliphatic rings. The van der Waals surface area contributed by atoms with Crippen molar-refractivity contribution in [3.05, 3.63) is 28.8 Å². The molecule has 0 aromatic heterocycles. The molecule has 0 radical (unpaired) electrons. The zero-order valence-corrected chi connectivity index (χ0v) is 10.1. The Hall–Kier alpha value is -0.730. The van der Waals surface area contributed by atoms with E-state index in [0.29, 0.717) is 0 Å². The Morgan fingerprint density at radius 2 is 2.07 bits per heavy atom. The number of halogens is 1. The molecule has 3 heteroatoms. The van der Waals surface area contributed by atoms with E-state index in [1.807, 2.05) is 12.1 Å². The van der Waals surface area contributed by atoms with E-state index in [1.165, 1.54) is 24.2 Å². The number of rotatable bonds is 1. The number of hydrogen-bond donors (Lipinski definition) is 0. The van der Waals surface area contributed by atoms with Crippen molar-refractivity contribution in [2.75, 3.05) is 31.7 Å². The molecule has 0 bridgehead atoms. The van der Waals surface area contributed by atoms with Crippen molar-refractivity contribution in [3.63, 3.8) is 0 Å². The molecule has 0 amide bonds. The van der Waals surface area contributed by atoms with Crippen LogP contribution < -0.4 is 4.90 Å². The Morgan fingerprint density at radius 3 is 2.73 bits per heavy atom. The highest BCUT2D eigenvalue weighted by molar-refractivity contribution is 6.30. The highest BCUT2D eigenvalue weighted by atomic mass is 35.5. The number of hydrogen-bond acceptors (Lipinski definition) is 2. The largest absolute Gasteiger partial charge is 0.358 e. The van der Waals surface area contributed by atoms with E-state index in [0.717, 1.165) is 18.2 Å². The summed E-state index contributed by atoms with van der Waals surface area (Å²) in [4.78, 5) is 4.76. The maximum atomic E-state index is 5.96. The van der Waals surface area contributed by atoms with Crippen molar-refractivity contribution in [1.29, 1.82) is 0 Å². The molecule has 1 aromatic carbocycles. The molecule has 0 unspecified atom stereocenters. The average Bonchev–Trinajstić information content (AvgIpc) is 2.17. The topological polar surface area (TPSA) is 6.48 Å². The van der Waals surface area contributed by atoms with Gasteiger partial charge >= 0.3 is 0 Å². The van der Waals surface area contributed by atoms with Crippen LogP contribution in [0, 0.1) is 6.92 Å². The minimum atomic E-state index is 0.821. The molecule has 2 rings (SSSR count). The minimum Gasteiger partial charge on any atom is -0.358 e. The summed E-state index contributed by atoms with van der Waals surface area (Å²) in [6.45, 7) is 5.48. The van der Waals surface area contributed by atoms with Gasteiger partial charge in [0, 0.05) is 23.8 Å². The van der Waals surface area contributed by atoms with Gasteiger partial charge in [0.1, 0.15) is 0 Å². The van der Waals surface area contributed by atoms with Crippen LogP contribution in [0.25, 0.3) is 0 Å². The first-order valence-corrected chi connectivity index (χ1v) is 5.74. The second-order valence-electron chi connectivity index (χ2n) is 4.27. The second kappa shape index (κ2) is 4.42. The van der Waals surface area contributed by atoms with Crippen LogP contribution in [0.1, 0.15) is 12.0 Å². The summed E-state index contributed by atoms with van der Waals surface area (Å²) in [6, 6.07) is 6.13. The second-order valence-corrected chi connectivity index (χ2v) is 4.71. The van der Waals surface area contributed by atoms with Gasteiger partial charge in [-0.3, -0.25) is 4.90 Å². The fraction of sp³-hybridized carbons (Fsp3) is 0.500. The van der Waals surface area contributed by atoms with E-state index in [-0.39, 0.29) is 0 Å². The van der Waals surface area contributed by atoms with Gasteiger partial charge in [0.25, 0.3) is 0 Å². The van der Waals surface area contributed by atoms with Crippen molar-refractivity contribution < 1.29 is 0 Å². The van der Waals surface area contributed by atoms with Gasteiger partial charge in [-0.15, -0.1) is 0 Å². The molecule has 2 nitrogen and oxygen atoms in total. The third kappa shape index (κ3) is 2.44. The highest BCUT2D eigenvalue weighted by Gasteiger charge is 2.15. The van der Waals surface area contributed by atoms with Gasteiger partial charge in [-0.2, -0.15) is 0 Å². The molecule has 0 saturated carbocycles. The van der Waals surface area contributed by atoms with Gasteiger partial charge in [-0.05, 0) is 44.2 Å². The lowest BCUT2D eigenvalue weighted by molar-refractivity contribution is 0.292. The van der Waals surface area contributed by atoms with Crippen molar-refractivity contribution in [2.24, 2.45) is 0 Å². The number of nitrogens with zero attached hydrogens (tertiary/aromatic N) is 2. The monoisotopic (exact) mass is 224 g/mol.